The fraction of sp³-hybridized carbons (Fsp3) is 0.222. The molecule has 1 aliphatic rings. The number of phenols is 1. The number of esters is 1. The minimum atomic E-state index is -0.512. The first-order valence-electron chi connectivity index (χ1n) is 7.69. The molecule has 0 spiro atoms. The second kappa shape index (κ2) is 6.62. The number of nitrogens with zero attached hydrogens (tertiary/aromatic N) is 1. The number of aromatic hydroxyl groups is 1. The predicted octanol–water partition coefficient (Wildman–Crippen LogP) is 2.44. The normalized spacial score (nSPS) is 16.3. The summed E-state index contributed by atoms with van der Waals surface area (Å²) < 4.78 is 10.8. The van der Waals surface area contributed by atoms with E-state index in [1.165, 1.54) is 6.07 Å². The number of nitrogens with two attached hydrogens (primary N) is 1. The number of carbonyl (C=O) groups excluding carboxylic acids is 1. The van der Waals surface area contributed by atoms with E-state index in [0.29, 0.717) is 18.8 Å². The first-order chi connectivity index (χ1) is 11.6. The maximum absolute atomic E-state index is 12.5. The van der Waals surface area contributed by atoms with Crippen LogP contribution in [0.2, 0.25) is 0 Å². The van der Waals surface area contributed by atoms with Gasteiger partial charge in [-0.1, -0.05) is 19.1 Å². The van der Waals surface area contributed by atoms with E-state index in [9.17, 15) is 9.90 Å². The van der Waals surface area contributed by atoms with Gasteiger partial charge in [-0.2, -0.15) is 0 Å². The van der Waals surface area contributed by atoms with Gasteiger partial charge in [-0.15, -0.1) is 0 Å². The third-order valence-corrected chi connectivity index (χ3v) is 3.76. The molecule has 124 valence electrons. The number of rotatable bonds is 4. The lowest BCUT2D eigenvalue weighted by molar-refractivity contribution is -0.139. The second-order valence-corrected chi connectivity index (χ2v) is 5.46. The van der Waals surface area contributed by atoms with E-state index in [1.807, 2.05) is 13.0 Å². The van der Waals surface area contributed by atoms with Crippen molar-refractivity contribution in [3.63, 3.8) is 0 Å². The maximum Gasteiger partial charge on any atom is 0.340 e. The SMILES string of the molecule is CCCOC(=O)C1=C(N)Oc2cc(O)ccc2C1c1cccnc1. The van der Waals surface area contributed by atoms with Gasteiger partial charge in [-0.3, -0.25) is 4.98 Å². The molecule has 0 radical (unpaired) electrons. The summed E-state index contributed by atoms with van der Waals surface area (Å²) >= 11 is 0. The summed E-state index contributed by atoms with van der Waals surface area (Å²) in [5, 5.41) is 9.68. The molecule has 0 saturated heterocycles. The molecule has 24 heavy (non-hydrogen) atoms. The van der Waals surface area contributed by atoms with Gasteiger partial charge in [-0.25, -0.2) is 4.79 Å². The molecular formula is C18H18N2O4. The third-order valence-electron chi connectivity index (χ3n) is 3.76. The van der Waals surface area contributed by atoms with Gasteiger partial charge in [0.1, 0.15) is 17.1 Å². The van der Waals surface area contributed by atoms with Crippen LogP contribution in [0.3, 0.4) is 0 Å². The van der Waals surface area contributed by atoms with Gasteiger partial charge in [0.15, 0.2) is 0 Å². The molecule has 1 aromatic heterocycles. The van der Waals surface area contributed by atoms with Gasteiger partial charge < -0.3 is 20.3 Å². The molecule has 2 aromatic rings. The Kier molecular flexibility index (Phi) is 4.37. The highest BCUT2D eigenvalue weighted by Gasteiger charge is 2.35. The smallest absolute Gasteiger partial charge is 0.340 e. The first-order valence-corrected chi connectivity index (χ1v) is 7.69. The molecule has 0 amide bonds. The standard InChI is InChI=1S/C18H18N2O4/c1-2-8-23-18(22)16-15(11-4-3-7-20-10-11)13-6-5-12(21)9-14(13)24-17(16)19/h3-7,9-10,15,21H,2,8,19H2,1H3. The van der Waals surface area contributed by atoms with Crippen LogP contribution < -0.4 is 10.5 Å². The van der Waals surface area contributed by atoms with Gasteiger partial charge >= 0.3 is 5.97 Å². The zero-order valence-electron chi connectivity index (χ0n) is 13.2. The van der Waals surface area contributed by atoms with Gasteiger partial charge in [0.05, 0.1) is 12.5 Å². The zero-order chi connectivity index (χ0) is 17.1. The largest absolute Gasteiger partial charge is 0.508 e. The van der Waals surface area contributed by atoms with E-state index in [0.717, 1.165) is 11.1 Å². The highest BCUT2D eigenvalue weighted by atomic mass is 16.5. The molecule has 1 atom stereocenters. The van der Waals surface area contributed by atoms with E-state index in [2.05, 4.69) is 4.98 Å². The third kappa shape index (κ3) is 2.90. The van der Waals surface area contributed by atoms with Crippen LogP contribution in [0, 0.1) is 0 Å². The summed E-state index contributed by atoms with van der Waals surface area (Å²) in [4.78, 5) is 16.6. The molecule has 1 aromatic carbocycles. The number of ether oxygens (including phenoxy) is 2. The van der Waals surface area contributed by atoms with Crippen LogP contribution in [0.4, 0.5) is 0 Å². The van der Waals surface area contributed by atoms with E-state index >= 15 is 0 Å². The van der Waals surface area contributed by atoms with Crippen LogP contribution in [0.15, 0.2) is 54.2 Å². The van der Waals surface area contributed by atoms with Crippen LogP contribution in [-0.4, -0.2) is 22.7 Å². The number of fused-ring (bicyclic) bond motifs is 1. The highest BCUT2D eigenvalue weighted by molar-refractivity contribution is 5.92. The van der Waals surface area contributed by atoms with Crippen molar-refractivity contribution >= 4 is 5.97 Å². The Morgan fingerprint density at radius 1 is 1.42 bits per heavy atom. The number of aromatic nitrogens is 1. The van der Waals surface area contributed by atoms with E-state index in [1.54, 1.807) is 30.6 Å². The number of phenolic OH excluding ortho intramolecular Hbond substituents is 1. The van der Waals surface area contributed by atoms with E-state index < -0.39 is 11.9 Å². The maximum atomic E-state index is 12.5. The molecule has 6 heteroatoms. The lowest BCUT2D eigenvalue weighted by Crippen LogP contribution is -2.27. The van der Waals surface area contributed by atoms with Crippen LogP contribution in [0.1, 0.15) is 30.4 Å². The molecule has 2 heterocycles. The topological polar surface area (TPSA) is 94.7 Å². The van der Waals surface area contributed by atoms with Gasteiger partial charge in [0, 0.05) is 24.0 Å². The molecule has 1 unspecified atom stereocenters. The monoisotopic (exact) mass is 326 g/mol. The van der Waals surface area contributed by atoms with E-state index in [4.69, 9.17) is 15.2 Å². The molecule has 0 fully saturated rings. The first kappa shape index (κ1) is 15.9. The molecule has 0 aliphatic carbocycles. The lowest BCUT2D eigenvalue weighted by Gasteiger charge is -2.28. The molecule has 0 saturated carbocycles. The Morgan fingerprint density at radius 2 is 2.25 bits per heavy atom. The number of hydrogen-bond donors (Lipinski definition) is 2. The zero-order valence-corrected chi connectivity index (χ0v) is 13.2. The molecular weight excluding hydrogens is 308 g/mol. The van der Waals surface area contributed by atoms with Crippen LogP contribution in [0.5, 0.6) is 11.5 Å². The second-order valence-electron chi connectivity index (χ2n) is 5.46. The predicted molar refractivity (Wildman–Crippen MR) is 87.3 cm³/mol. The Morgan fingerprint density at radius 3 is 2.96 bits per heavy atom. The molecule has 3 N–H and O–H groups in total. The molecule has 3 rings (SSSR count). The van der Waals surface area contributed by atoms with Crippen molar-refractivity contribution < 1.29 is 19.4 Å². The summed E-state index contributed by atoms with van der Waals surface area (Å²) in [7, 11) is 0. The fourth-order valence-electron chi connectivity index (χ4n) is 2.71. The average molecular weight is 326 g/mol. The van der Waals surface area contributed by atoms with Crippen molar-refractivity contribution in [2.75, 3.05) is 6.61 Å². The summed E-state index contributed by atoms with van der Waals surface area (Å²) in [6, 6.07) is 8.37. The van der Waals surface area contributed by atoms with Crippen LogP contribution >= 0.6 is 0 Å². The van der Waals surface area contributed by atoms with Crippen molar-refractivity contribution in [2.24, 2.45) is 5.73 Å². The Bertz CT molecular complexity index is 787. The van der Waals surface area contributed by atoms with Crippen molar-refractivity contribution in [3.05, 3.63) is 65.3 Å². The minimum absolute atomic E-state index is 0.0249. The quantitative estimate of drug-likeness (QED) is 0.838. The van der Waals surface area contributed by atoms with Crippen molar-refractivity contribution in [2.45, 2.75) is 19.3 Å². The Balaban J connectivity index is 2.12. The van der Waals surface area contributed by atoms with Gasteiger partial charge in [0.25, 0.3) is 0 Å². The van der Waals surface area contributed by atoms with E-state index in [-0.39, 0.29) is 17.2 Å². The molecule has 1 aliphatic heterocycles. The van der Waals surface area contributed by atoms with Gasteiger partial charge in [0.2, 0.25) is 5.88 Å². The Labute approximate surface area is 139 Å². The fourth-order valence-corrected chi connectivity index (χ4v) is 2.71. The van der Waals surface area contributed by atoms with Crippen LogP contribution in [0.25, 0.3) is 0 Å². The number of pyridine rings is 1. The molecule has 0 bridgehead atoms. The number of carbonyl (C=O) groups is 1. The number of benzene rings is 1. The minimum Gasteiger partial charge on any atom is -0.508 e. The average Bonchev–Trinajstić information content (AvgIpc) is 2.59. The summed E-state index contributed by atoms with van der Waals surface area (Å²) in [6.07, 6.45) is 4.04. The van der Waals surface area contributed by atoms with Crippen molar-refractivity contribution in [3.8, 4) is 11.5 Å². The summed E-state index contributed by atoms with van der Waals surface area (Å²) in [5.41, 5.74) is 7.76. The summed E-state index contributed by atoms with van der Waals surface area (Å²) in [6.45, 7) is 2.22. The van der Waals surface area contributed by atoms with Gasteiger partial charge in [-0.05, 0) is 24.1 Å². The highest BCUT2D eigenvalue weighted by Crippen LogP contribution is 2.43. The summed E-state index contributed by atoms with van der Waals surface area (Å²) in [5.74, 6) is -0.533. The lowest BCUT2D eigenvalue weighted by atomic mass is 9.83. The Hall–Kier alpha value is -3.02. The van der Waals surface area contributed by atoms with Crippen molar-refractivity contribution in [1.29, 1.82) is 0 Å². The van der Waals surface area contributed by atoms with Crippen molar-refractivity contribution in [1.82, 2.24) is 4.98 Å². The van der Waals surface area contributed by atoms with Crippen LogP contribution in [-0.2, 0) is 9.53 Å². The molecule has 6 nitrogen and oxygen atoms in total. The number of hydrogen-bond acceptors (Lipinski definition) is 6.